The van der Waals surface area contributed by atoms with Crippen LogP contribution in [0.15, 0.2) is 46.3 Å². The lowest BCUT2D eigenvalue weighted by atomic mass is 9.86. The maximum absolute atomic E-state index is 13.0. The van der Waals surface area contributed by atoms with Crippen molar-refractivity contribution >= 4 is 25.6 Å². The summed E-state index contributed by atoms with van der Waals surface area (Å²) in [5.74, 6) is -1.95. The number of halogens is 5. The Balaban J connectivity index is 1.69. The second-order valence-electron chi connectivity index (χ2n) is 9.08. The summed E-state index contributed by atoms with van der Waals surface area (Å²) >= 11 is 0. The molecule has 1 fully saturated rings. The molecule has 0 N–H and O–H groups in total. The summed E-state index contributed by atoms with van der Waals surface area (Å²) in [5, 5.41) is 0. The lowest BCUT2D eigenvalue weighted by Gasteiger charge is -2.35. The van der Waals surface area contributed by atoms with E-state index in [1.165, 1.54) is 23.1 Å². The van der Waals surface area contributed by atoms with Gasteiger partial charge in [0, 0.05) is 25.5 Å². The fraction of sp³-hybridized carbons (Fsp3) is 0.478. The van der Waals surface area contributed by atoms with Crippen LogP contribution in [0, 0.1) is 11.8 Å². The van der Waals surface area contributed by atoms with Crippen LogP contribution in [0.4, 0.5) is 22.0 Å². The topological polar surface area (TPSA) is 111 Å². The number of piperidine rings is 1. The molecule has 1 aliphatic heterocycles. The number of hydrogen-bond acceptors (Lipinski definition) is 7. The van der Waals surface area contributed by atoms with Gasteiger partial charge in [0.15, 0.2) is 19.7 Å². The fourth-order valence-electron chi connectivity index (χ4n) is 4.29. The van der Waals surface area contributed by atoms with Gasteiger partial charge in [-0.1, -0.05) is 13.0 Å². The van der Waals surface area contributed by atoms with E-state index in [2.05, 4.69) is 9.72 Å². The first-order valence-corrected chi connectivity index (χ1v) is 14.9. The lowest BCUT2D eigenvalue weighted by Crippen LogP contribution is -2.41. The van der Waals surface area contributed by atoms with Crippen molar-refractivity contribution in [2.45, 2.75) is 42.3 Å². The van der Waals surface area contributed by atoms with E-state index in [0.717, 1.165) is 6.07 Å². The highest BCUT2D eigenvalue weighted by Gasteiger charge is 2.36. The smallest absolute Gasteiger partial charge is 0.417 e. The normalized spacial score (nSPS) is 16.5. The Morgan fingerprint density at radius 3 is 2.32 bits per heavy atom. The molecule has 15 heteroatoms. The van der Waals surface area contributed by atoms with Gasteiger partial charge in [0.05, 0.1) is 21.1 Å². The van der Waals surface area contributed by atoms with Crippen molar-refractivity contribution < 1.29 is 48.3 Å². The van der Waals surface area contributed by atoms with Crippen molar-refractivity contribution in [1.29, 1.82) is 0 Å². The number of alkyl halides is 5. The first-order valence-electron chi connectivity index (χ1n) is 11.3. The van der Waals surface area contributed by atoms with Crippen molar-refractivity contribution in [2.75, 3.05) is 25.1 Å². The summed E-state index contributed by atoms with van der Waals surface area (Å²) in [6.07, 6.45) is -3.05. The maximum Gasteiger partial charge on any atom is 0.417 e. The van der Waals surface area contributed by atoms with Gasteiger partial charge in [-0.25, -0.2) is 21.8 Å². The zero-order valence-electron chi connectivity index (χ0n) is 20.3. The van der Waals surface area contributed by atoms with Crippen molar-refractivity contribution in [2.24, 2.45) is 11.8 Å². The van der Waals surface area contributed by atoms with E-state index >= 15 is 0 Å². The van der Waals surface area contributed by atoms with Crippen LogP contribution in [0.3, 0.4) is 0 Å². The summed E-state index contributed by atoms with van der Waals surface area (Å²) < 4.78 is 118. The van der Waals surface area contributed by atoms with Crippen molar-refractivity contribution in [1.82, 2.24) is 9.88 Å². The molecule has 210 valence electrons. The van der Waals surface area contributed by atoms with E-state index in [1.807, 2.05) is 0 Å². The van der Waals surface area contributed by atoms with Gasteiger partial charge in [-0.15, -0.1) is 0 Å². The molecule has 1 aromatic carbocycles. The molecule has 1 amide bonds. The van der Waals surface area contributed by atoms with Gasteiger partial charge in [0.25, 0.3) is 5.91 Å². The number of amides is 1. The van der Waals surface area contributed by atoms with Crippen LogP contribution < -0.4 is 4.74 Å². The van der Waals surface area contributed by atoms with Crippen molar-refractivity contribution in [3.8, 4) is 5.75 Å². The van der Waals surface area contributed by atoms with Gasteiger partial charge in [0.1, 0.15) is 11.4 Å². The van der Waals surface area contributed by atoms with Crippen LogP contribution in [-0.2, 0) is 25.9 Å². The molecule has 1 atom stereocenters. The highest BCUT2D eigenvalue weighted by atomic mass is 32.2. The number of nitrogens with zero attached hydrogens (tertiary/aromatic N) is 2. The molecule has 1 aromatic heterocycles. The Labute approximate surface area is 216 Å². The van der Waals surface area contributed by atoms with Crippen LogP contribution in [0.1, 0.15) is 35.8 Å². The molecule has 0 radical (unpaired) electrons. The summed E-state index contributed by atoms with van der Waals surface area (Å²) in [4.78, 5) is 16.8. The Hall–Kier alpha value is -2.81. The van der Waals surface area contributed by atoms with Crippen molar-refractivity contribution in [3.05, 3.63) is 47.8 Å². The van der Waals surface area contributed by atoms with Gasteiger partial charge in [-0.3, -0.25) is 4.79 Å². The molecule has 8 nitrogen and oxygen atoms in total. The molecule has 1 saturated heterocycles. The molecule has 38 heavy (non-hydrogen) atoms. The Bertz CT molecular complexity index is 1390. The number of hydrogen-bond donors (Lipinski definition) is 0. The largest absolute Gasteiger partial charge is 0.435 e. The molecular formula is C23H25F5N2O6S2. The molecule has 2 aromatic rings. The average Bonchev–Trinajstić information content (AvgIpc) is 2.81. The molecule has 0 spiro atoms. The van der Waals surface area contributed by atoms with Gasteiger partial charge in [-0.2, -0.15) is 22.0 Å². The minimum atomic E-state index is -4.85. The number of aromatic nitrogens is 1. The first-order chi connectivity index (χ1) is 17.5. The SMILES string of the molecule is CC(CS(=O)(=O)c1cccc(OC(F)F)c1)C1CCN(C(=O)c2ncc(C(F)(F)F)cc2S(C)(=O)=O)CC1. The number of pyridine rings is 1. The second-order valence-corrected chi connectivity index (χ2v) is 13.1. The molecule has 0 bridgehead atoms. The van der Waals surface area contributed by atoms with E-state index < -0.39 is 54.5 Å². The Kier molecular flexibility index (Phi) is 8.71. The van der Waals surface area contributed by atoms with Crippen LogP contribution in [0.5, 0.6) is 5.75 Å². The highest BCUT2D eigenvalue weighted by molar-refractivity contribution is 7.91. The number of ether oxygens (including phenoxy) is 1. The molecule has 0 aliphatic carbocycles. The van der Waals surface area contributed by atoms with Crippen LogP contribution in [-0.4, -0.2) is 64.3 Å². The average molecular weight is 585 g/mol. The minimum absolute atomic E-state index is 0.109. The summed E-state index contributed by atoms with van der Waals surface area (Å²) in [7, 11) is -8.06. The van der Waals surface area contributed by atoms with E-state index in [-0.39, 0.29) is 41.3 Å². The van der Waals surface area contributed by atoms with E-state index in [9.17, 15) is 43.6 Å². The molecule has 3 rings (SSSR count). The third-order valence-electron chi connectivity index (χ3n) is 6.29. The molecule has 1 unspecified atom stereocenters. The van der Waals surface area contributed by atoms with Gasteiger partial charge >= 0.3 is 12.8 Å². The monoisotopic (exact) mass is 584 g/mol. The fourth-order valence-corrected chi connectivity index (χ4v) is 6.86. The van der Waals surface area contributed by atoms with Gasteiger partial charge in [0.2, 0.25) is 0 Å². The highest BCUT2D eigenvalue weighted by Crippen LogP contribution is 2.33. The predicted octanol–water partition coefficient (Wildman–Crippen LogP) is 4.07. The van der Waals surface area contributed by atoms with E-state index in [4.69, 9.17) is 0 Å². The second kappa shape index (κ2) is 11.1. The van der Waals surface area contributed by atoms with E-state index in [1.54, 1.807) is 6.92 Å². The van der Waals surface area contributed by atoms with E-state index in [0.29, 0.717) is 31.4 Å². The quantitative estimate of drug-likeness (QED) is 0.430. The maximum atomic E-state index is 13.0. The Morgan fingerprint density at radius 2 is 1.76 bits per heavy atom. The summed E-state index contributed by atoms with van der Waals surface area (Å²) in [5.41, 5.74) is -1.91. The number of sulfone groups is 2. The Morgan fingerprint density at radius 1 is 1.13 bits per heavy atom. The van der Waals surface area contributed by atoms with Gasteiger partial charge < -0.3 is 9.64 Å². The number of carbonyl (C=O) groups is 1. The zero-order chi connectivity index (χ0) is 28.5. The number of carbonyl (C=O) groups excluding carboxylic acids is 1. The third kappa shape index (κ3) is 7.18. The van der Waals surface area contributed by atoms with Crippen LogP contribution >= 0.6 is 0 Å². The molecule has 2 heterocycles. The molecule has 1 aliphatic rings. The number of rotatable bonds is 8. The van der Waals surface area contributed by atoms with Crippen LogP contribution in [0.2, 0.25) is 0 Å². The van der Waals surface area contributed by atoms with Crippen molar-refractivity contribution in [3.63, 3.8) is 0 Å². The van der Waals surface area contributed by atoms with Crippen LogP contribution in [0.25, 0.3) is 0 Å². The number of benzene rings is 1. The third-order valence-corrected chi connectivity index (χ3v) is 9.33. The zero-order valence-corrected chi connectivity index (χ0v) is 21.9. The predicted molar refractivity (Wildman–Crippen MR) is 125 cm³/mol. The summed E-state index contributed by atoms with van der Waals surface area (Å²) in [6.45, 7) is -1.18. The number of likely N-dealkylation sites (tertiary alicyclic amines) is 1. The minimum Gasteiger partial charge on any atom is -0.435 e. The summed E-state index contributed by atoms with van der Waals surface area (Å²) in [6, 6.07) is 5.18. The van der Waals surface area contributed by atoms with Gasteiger partial charge in [-0.05, 0) is 48.9 Å². The molecule has 0 saturated carbocycles. The first kappa shape index (κ1) is 29.7. The lowest BCUT2D eigenvalue weighted by molar-refractivity contribution is -0.138. The molecular weight excluding hydrogens is 559 g/mol. The standard InChI is InChI=1S/C23H25F5N2O6S2/c1-14(13-38(34,35)18-5-3-4-17(11-18)36-22(24)25)15-6-8-30(9-7-15)21(31)20-19(37(2,32)33)10-16(12-29-20)23(26,27)28/h3-5,10-12,14-15,22H,6-9,13H2,1-2H3.